The van der Waals surface area contributed by atoms with Crippen molar-refractivity contribution in [3.05, 3.63) is 0 Å². The molecule has 0 atom stereocenters. The van der Waals surface area contributed by atoms with Gasteiger partial charge in [-0.15, -0.1) is 0 Å². The van der Waals surface area contributed by atoms with E-state index in [0.717, 1.165) is 0 Å². The molecule has 1 aliphatic rings. The number of rotatable bonds is 0. The zero-order chi connectivity index (χ0) is 8.27. The maximum atomic E-state index is 10.6. The fourth-order valence-electron chi connectivity index (χ4n) is 0.766. The summed E-state index contributed by atoms with van der Waals surface area (Å²) in [6.45, 7) is 0.0853. The average molecular weight is 172 g/mol. The van der Waals surface area contributed by atoms with Crippen molar-refractivity contribution in [2.75, 3.05) is 13.1 Å². The van der Waals surface area contributed by atoms with E-state index in [4.69, 9.17) is 0 Å². The van der Waals surface area contributed by atoms with Crippen LogP contribution in [0.2, 0.25) is 0 Å². The third-order valence-corrected chi connectivity index (χ3v) is 1.49. The van der Waals surface area contributed by atoms with Crippen molar-refractivity contribution in [3.8, 4) is 5.75 Å². The molecule has 1 heterocycles. The number of carbonyl (C=O) groups excluding carboxylic acids is 2. The summed E-state index contributed by atoms with van der Waals surface area (Å²) < 4.78 is 9.99. The van der Waals surface area contributed by atoms with Crippen LogP contribution in [0, 0.1) is 5.75 Å². The van der Waals surface area contributed by atoms with Crippen LogP contribution >= 0.6 is 7.92 Å². The molecular weight excluding hydrogens is 167 g/mol. The van der Waals surface area contributed by atoms with Gasteiger partial charge in [0.15, 0.2) is 0 Å². The fourth-order valence-corrected chi connectivity index (χ4v) is 1.02. The van der Waals surface area contributed by atoms with Gasteiger partial charge < -0.3 is 0 Å². The molecule has 0 aromatic heterocycles. The van der Waals surface area contributed by atoms with Crippen molar-refractivity contribution in [3.63, 3.8) is 0 Å². The van der Waals surface area contributed by atoms with Crippen LogP contribution in [0.1, 0.15) is 0 Å². The molecule has 5 nitrogen and oxygen atoms in total. The van der Waals surface area contributed by atoms with E-state index in [0.29, 0.717) is 0 Å². The molecule has 0 aromatic rings. The van der Waals surface area contributed by atoms with Crippen molar-refractivity contribution in [2.45, 2.75) is 0 Å². The number of carbonyl (C=O) groups is 2. The second-order valence-electron chi connectivity index (χ2n) is 2.02. The Kier molecular flexibility index (Phi) is 2.60. The fraction of sp³-hybridized carbons (Fsp3) is 0.400. The summed E-state index contributed by atoms with van der Waals surface area (Å²) in [5.41, 5.74) is 0. The van der Waals surface area contributed by atoms with Crippen LogP contribution in [0.3, 0.4) is 0 Å². The summed E-state index contributed by atoms with van der Waals surface area (Å²) in [6, 6.07) is 0. The van der Waals surface area contributed by atoms with Crippen molar-refractivity contribution in [1.29, 1.82) is 0 Å². The molecule has 0 aromatic carbocycles. The molecule has 0 aliphatic carbocycles. The van der Waals surface area contributed by atoms with Crippen LogP contribution in [-0.4, -0.2) is 29.8 Å². The van der Waals surface area contributed by atoms with E-state index in [1.165, 1.54) is 4.90 Å². The van der Waals surface area contributed by atoms with E-state index in [1.807, 2.05) is 0 Å². The topological polar surface area (TPSA) is 66.5 Å². The van der Waals surface area contributed by atoms with Crippen molar-refractivity contribution in [2.24, 2.45) is 0 Å². The summed E-state index contributed by atoms with van der Waals surface area (Å²) in [5.74, 6) is 1.53. The van der Waals surface area contributed by atoms with Gasteiger partial charge in [0, 0.05) is 0 Å². The Morgan fingerprint density at radius 1 is 1.36 bits per heavy atom. The van der Waals surface area contributed by atoms with Gasteiger partial charge in [0.25, 0.3) is 0 Å². The molecule has 1 saturated heterocycles. The first-order valence-corrected chi connectivity index (χ1v) is 3.69. The Labute approximate surface area is 63.9 Å². The SMILES string of the molecule is O=P#CN1CC(=O)NC(=O)C1. The molecule has 0 saturated carbocycles. The minimum absolute atomic E-state index is 0.0426. The molecule has 6 heteroatoms. The van der Waals surface area contributed by atoms with Crippen molar-refractivity contribution >= 4 is 19.7 Å². The molecule has 1 fully saturated rings. The van der Waals surface area contributed by atoms with Crippen molar-refractivity contribution < 1.29 is 14.2 Å². The van der Waals surface area contributed by atoms with Crippen LogP contribution in [0.4, 0.5) is 0 Å². The maximum absolute atomic E-state index is 10.6. The average Bonchev–Trinajstić information content (AvgIpc) is 1.85. The molecule has 1 aliphatic heterocycles. The van der Waals surface area contributed by atoms with Gasteiger partial charge in [-0.1, -0.05) is 0 Å². The number of hydrogen-bond acceptors (Lipinski definition) is 4. The Morgan fingerprint density at radius 3 is 2.36 bits per heavy atom. The molecule has 0 spiro atoms. The molecule has 58 valence electrons. The van der Waals surface area contributed by atoms with E-state index in [-0.39, 0.29) is 21.0 Å². The Balaban J connectivity index is 2.68. The van der Waals surface area contributed by atoms with Crippen LogP contribution in [0.25, 0.3) is 0 Å². The van der Waals surface area contributed by atoms with Crippen LogP contribution in [-0.2, 0) is 14.2 Å². The second-order valence-corrected chi connectivity index (χ2v) is 2.40. The summed E-state index contributed by atoms with van der Waals surface area (Å²) in [5, 5.41) is 2.10. The predicted octanol–water partition coefficient (Wildman–Crippen LogP) is -0.847. The second kappa shape index (κ2) is 3.49. The molecule has 1 rings (SSSR count). The summed E-state index contributed by atoms with van der Waals surface area (Å²) in [7, 11) is -0.316. The van der Waals surface area contributed by atoms with E-state index >= 15 is 0 Å². The van der Waals surface area contributed by atoms with Crippen LogP contribution in [0.5, 0.6) is 0 Å². The van der Waals surface area contributed by atoms with Gasteiger partial charge in [0.2, 0.25) is 0 Å². The number of nitrogens with one attached hydrogen (secondary N) is 1. The van der Waals surface area contributed by atoms with E-state index in [1.54, 1.807) is 0 Å². The Hall–Kier alpha value is -0.890. The van der Waals surface area contributed by atoms with Gasteiger partial charge >= 0.3 is 62.9 Å². The van der Waals surface area contributed by atoms with E-state index < -0.39 is 11.8 Å². The third kappa shape index (κ3) is 2.31. The van der Waals surface area contributed by atoms with Gasteiger partial charge in [-0.3, -0.25) is 0 Å². The molecular formula is C5H5N2O3P. The van der Waals surface area contributed by atoms with Gasteiger partial charge in [-0.25, -0.2) is 0 Å². The van der Waals surface area contributed by atoms with Crippen LogP contribution < -0.4 is 5.32 Å². The molecule has 0 unspecified atom stereocenters. The quantitative estimate of drug-likeness (QED) is 0.382. The standard InChI is InChI=1S/C5H5N2O3P/c8-4-1-7(3-11-10)2-5(9)6-4/h1-2H2,(H,6,8,9). The summed E-state index contributed by atoms with van der Waals surface area (Å²) in [4.78, 5) is 22.6. The summed E-state index contributed by atoms with van der Waals surface area (Å²) >= 11 is 0. The zero-order valence-corrected chi connectivity index (χ0v) is 6.43. The molecule has 0 radical (unpaired) electrons. The van der Waals surface area contributed by atoms with Crippen molar-refractivity contribution in [1.82, 2.24) is 10.2 Å². The zero-order valence-electron chi connectivity index (χ0n) is 5.53. The minimum atomic E-state index is -0.391. The predicted molar refractivity (Wildman–Crippen MR) is 36.2 cm³/mol. The first-order chi connectivity index (χ1) is 5.22. The van der Waals surface area contributed by atoms with Gasteiger partial charge in [-0.05, 0) is 0 Å². The van der Waals surface area contributed by atoms with Crippen LogP contribution in [0.15, 0.2) is 0 Å². The Morgan fingerprint density at radius 2 is 1.91 bits per heavy atom. The normalized spacial score (nSPS) is 18.9. The van der Waals surface area contributed by atoms with Gasteiger partial charge in [0.1, 0.15) is 0 Å². The number of hydrogen-bond donors (Lipinski definition) is 1. The number of amides is 2. The number of nitrogens with zero attached hydrogens (tertiary/aromatic N) is 1. The number of piperazine rings is 1. The monoisotopic (exact) mass is 172 g/mol. The van der Waals surface area contributed by atoms with Gasteiger partial charge in [0.05, 0.1) is 0 Å². The van der Waals surface area contributed by atoms with E-state index in [9.17, 15) is 14.2 Å². The first-order valence-electron chi connectivity index (χ1n) is 2.88. The summed E-state index contributed by atoms with van der Waals surface area (Å²) in [6.07, 6.45) is 0. The Bertz CT molecular complexity index is 278. The molecule has 1 N–H and O–H groups in total. The van der Waals surface area contributed by atoms with Gasteiger partial charge in [-0.2, -0.15) is 0 Å². The number of imide groups is 1. The first kappa shape index (κ1) is 8.21. The third-order valence-electron chi connectivity index (χ3n) is 1.13. The molecule has 11 heavy (non-hydrogen) atoms. The van der Waals surface area contributed by atoms with E-state index in [2.05, 4.69) is 11.1 Å². The molecule has 2 amide bonds. The molecule has 0 bridgehead atoms.